The van der Waals surface area contributed by atoms with Gasteiger partial charge in [0, 0.05) is 31.3 Å². The molecule has 2 atom stereocenters. The Labute approximate surface area is 148 Å². The zero-order valence-corrected chi connectivity index (χ0v) is 14.1. The third-order valence-electron chi connectivity index (χ3n) is 4.26. The smallest absolute Gasteiger partial charge is 0.348 e. The highest BCUT2D eigenvalue weighted by Crippen LogP contribution is 2.25. The summed E-state index contributed by atoms with van der Waals surface area (Å²) in [5.41, 5.74) is 1.92. The molecule has 1 fully saturated rings. The molecule has 0 radical (unpaired) electrons. The Hall–Kier alpha value is -2.94. The first kappa shape index (κ1) is 17.9. The maximum Gasteiger partial charge on any atom is 0.348 e. The van der Waals surface area contributed by atoms with E-state index in [0.29, 0.717) is 24.2 Å². The molecule has 2 aliphatic rings. The van der Waals surface area contributed by atoms with E-state index in [1.807, 2.05) is 0 Å². The van der Waals surface area contributed by atoms with Crippen molar-refractivity contribution < 1.29 is 33.8 Å². The molecular formula is C17H18N2O7. The van der Waals surface area contributed by atoms with Crippen LogP contribution in [0.2, 0.25) is 0 Å². The van der Waals surface area contributed by atoms with Crippen LogP contribution >= 0.6 is 0 Å². The average molecular weight is 362 g/mol. The largest absolute Gasteiger partial charge is 0.478 e. The molecule has 1 saturated heterocycles. The number of carbonyl (C=O) groups is 4. The zero-order chi connectivity index (χ0) is 18.8. The first-order valence-electron chi connectivity index (χ1n) is 8.12. The van der Waals surface area contributed by atoms with E-state index in [4.69, 9.17) is 9.47 Å². The summed E-state index contributed by atoms with van der Waals surface area (Å²) in [7, 11) is 0. The van der Waals surface area contributed by atoms with Gasteiger partial charge in [0.15, 0.2) is 6.10 Å². The number of morpholine rings is 1. The number of nitrogens with zero attached hydrogens (tertiary/aromatic N) is 1. The third kappa shape index (κ3) is 3.38. The molecule has 138 valence electrons. The van der Waals surface area contributed by atoms with Crippen molar-refractivity contribution >= 4 is 29.4 Å². The molecule has 9 nitrogen and oxygen atoms in total. The summed E-state index contributed by atoms with van der Waals surface area (Å²) in [6.07, 6.45) is -2.50. The Bertz CT molecular complexity index is 776. The first-order chi connectivity index (χ1) is 12.4. The summed E-state index contributed by atoms with van der Waals surface area (Å²) in [6.45, 7) is 1.91. The van der Waals surface area contributed by atoms with Crippen LogP contribution in [0.15, 0.2) is 18.2 Å². The summed E-state index contributed by atoms with van der Waals surface area (Å²) >= 11 is 0. The molecule has 1 aromatic rings. The second-order valence-electron chi connectivity index (χ2n) is 6.00. The van der Waals surface area contributed by atoms with Crippen LogP contribution in [0.4, 0.5) is 5.69 Å². The zero-order valence-electron chi connectivity index (χ0n) is 14.1. The molecular weight excluding hydrogens is 344 g/mol. The number of hydrogen-bond acceptors (Lipinski definition) is 6. The van der Waals surface area contributed by atoms with Gasteiger partial charge in [0.05, 0.1) is 6.61 Å². The van der Waals surface area contributed by atoms with E-state index in [0.717, 1.165) is 12.5 Å². The standard InChI is InChI=1S/C17H18N2O7/c1-9(20)26-14(17(23)24)13-16(22)19(6-7-25-13)11-2-3-12-10(8-11)4-5-18-15(12)21/h2-3,8,13-14H,4-7H2,1H3,(H,18,21)(H,23,24)/t13-,14-/m1/s1. The van der Waals surface area contributed by atoms with Crippen LogP contribution in [-0.4, -0.2) is 60.8 Å². The van der Waals surface area contributed by atoms with Crippen molar-refractivity contribution in [2.24, 2.45) is 0 Å². The summed E-state index contributed by atoms with van der Waals surface area (Å²) < 4.78 is 10.0. The van der Waals surface area contributed by atoms with Crippen LogP contribution in [0, 0.1) is 0 Å². The monoisotopic (exact) mass is 362 g/mol. The molecule has 2 aliphatic heterocycles. The van der Waals surface area contributed by atoms with E-state index in [2.05, 4.69) is 5.32 Å². The van der Waals surface area contributed by atoms with Crippen LogP contribution < -0.4 is 10.2 Å². The number of amides is 2. The van der Waals surface area contributed by atoms with Crippen LogP contribution in [0.3, 0.4) is 0 Å². The number of carboxylic acid groups (broad SMARTS) is 1. The number of nitrogens with one attached hydrogen (secondary N) is 1. The van der Waals surface area contributed by atoms with Gasteiger partial charge in [-0.3, -0.25) is 14.4 Å². The van der Waals surface area contributed by atoms with Crippen molar-refractivity contribution in [2.45, 2.75) is 25.6 Å². The van der Waals surface area contributed by atoms with Gasteiger partial charge in [-0.15, -0.1) is 0 Å². The maximum absolute atomic E-state index is 12.8. The molecule has 3 rings (SSSR count). The third-order valence-corrected chi connectivity index (χ3v) is 4.26. The van der Waals surface area contributed by atoms with Gasteiger partial charge in [0.25, 0.3) is 11.8 Å². The molecule has 0 saturated carbocycles. The number of anilines is 1. The molecule has 0 aliphatic carbocycles. The minimum absolute atomic E-state index is 0.0963. The molecule has 2 N–H and O–H groups in total. The van der Waals surface area contributed by atoms with Crippen molar-refractivity contribution in [2.75, 3.05) is 24.6 Å². The van der Waals surface area contributed by atoms with E-state index in [1.165, 1.54) is 4.90 Å². The van der Waals surface area contributed by atoms with Gasteiger partial charge in [0.2, 0.25) is 6.10 Å². The minimum atomic E-state index is -1.72. The number of fused-ring (bicyclic) bond motifs is 1. The van der Waals surface area contributed by atoms with E-state index < -0.39 is 30.1 Å². The first-order valence-corrected chi connectivity index (χ1v) is 8.12. The van der Waals surface area contributed by atoms with Crippen molar-refractivity contribution in [1.82, 2.24) is 5.32 Å². The van der Waals surface area contributed by atoms with Crippen LogP contribution in [0.1, 0.15) is 22.8 Å². The van der Waals surface area contributed by atoms with Gasteiger partial charge in [-0.25, -0.2) is 4.79 Å². The number of rotatable bonds is 4. The molecule has 1 aromatic carbocycles. The Kier molecular flexibility index (Phi) is 4.90. The molecule has 0 aromatic heterocycles. The van der Waals surface area contributed by atoms with Crippen molar-refractivity contribution in [3.63, 3.8) is 0 Å². The van der Waals surface area contributed by atoms with Gasteiger partial charge >= 0.3 is 11.9 Å². The van der Waals surface area contributed by atoms with Crippen molar-refractivity contribution in [1.29, 1.82) is 0 Å². The van der Waals surface area contributed by atoms with Crippen LogP contribution in [-0.2, 0) is 30.3 Å². The van der Waals surface area contributed by atoms with E-state index in [1.54, 1.807) is 18.2 Å². The number of hydrogen-bond donors (Lipinski definition) is 2. The molecule has 0 unspecified atom stereocenters. The van der Waals surface area contributed by atoms with E-state index in [-0.39, 0.29) is 19.1 Å². The molecule has 2 amide bonds. The highest BCUT2D eigenvalue weighted by Gasteiger charge is 2.42. The Morgan fingerprint density at radius 3 is 2.85 bits per heavy atom. The fraction of sp³-hybridized carbons (Fsp3) is 0.412. The molecule has 26 heavy (non-hydrogen) atoms. The predicted molar refractivity (Wildman–Crippen MR) is 87.8 cm³/mol. The van der Waals surface area contributed by atoms with Gasteiger partial charge in [-0.05, 0) is 30.2 Å². The fourth-order valence-corrected chi connectivity index (χ4v) is 3.08. The predicted octanol–water partition coefficient (Wildman–Crippen LogP) is -0.279. The quantitative estimate of drug-likeness (QED) is 0.706. The lowest BCUT2D eigenvalue weighted by molar-refractivity contribution is -0.177. The number of ether oxygens (including phenoxy) is 2. The lowest BCUT2D eigenvalue weighted by Gasteiger charge is -2.34. The number of carboxylic acids is 1. The van der Waals surface area contributed by atoms with Crippen LogP contribution in [0.5, 0.6) is 0 Å². The van der Waals surface area contributed by atoms with E-state index in [9.17, 15) is 24.3 Å². The summed E-state index contributed by atoms with van der Waals surface area (Å²) in [5, 5.41) is 12.0. The SMILES string of the molecule is CC(=O)O[C@@H](C(=O)O)[C@H]1OCCN(c2ccc3c(c2)CCNC3=O)C1=O. The summed E-state index contributed by atoms with van der Waals surface area (Å²) in [4.78, 5) is 48.5. The fourth-order valence-electron chi connectivity index (χ4n) is 3.08. The second kappa shape index (κ2) is 7.12. The van der Waals surface area contributed by atoms with Gasteiger partial charge in [-0.2, -0.15) is 0 Å². The lowest BCUT2D eigenvalue weighted by Crippen LogP contribution is -2.55. The molecule has 2 heterocycles. The van der Waals surface area contributed by atoms with Gasteiger partial charge in [-0.1, -0.05) is 0 Å². The van der Waals surface area contributed by atoms with Gasteiger partial charge < -0.3 is 24.8 Å². The number of aliphatic carboxylic acids is 1. The lowest BCUT2D eigenvalue weighted by atomic mass is 9.99. The van der Waals surface area contributed by atoms with Crippen LogP contribution in [0.25, 0.3) is 0 Å². The summed E-state index contributed by atoms with van der Waals surface area (Å²) in [5.74, 6) is -3.04. The second-order valence-corrected chi connectivity index (χ2v) is 6.00. The normalized spacial score (nSPS) is 20.8. The summed E-state index contributed by atoms with van der Waals surface area (Å²) in [6, 6.07) is 5.01. The molecule has 0 spiro atoms. The van der Waals surface area contributed by atoms with Crippen molar-refractivity contribution in [3.8, 4) is 0 Å². The minimum Gasteiger partial charge on any atom is -0.478 e. The van der Waals surface area contributed by atoms with Crippen molar-refractivity contribution in [3.05, 3.63) is 29.3 Å². The Balaban J connectivity index is 1.87. The number of benzene rings is 1. The topological polar surface area (TPSA) is 122 Å². The highest BCUT2D eigenvalue weighted by atomic mass is 16.6. The maximum atomic E-state index is 12.8. The van der Waals surface area contributed by atoms with E-state index >= 15 is 0 Å². The number of esters is 1. The Morgan fingerprint density at radius 2 is 2.15 bits per heavy atom. The average Bonchev–Trinajstić information content (AvgIpc) is 2.60. The molecule has 9 heteroatoms. The van der Waals surface area contributed by atoms with Gasteiger partial charge in [0.1, 0.15) is 0 Å². The number of carbonyl (C=O) groups excluding carboxylic acids is 3. The highest BCUT2D eigenvalue weighted by molar-refractivity contribution is 6.02. The Morgan fingerprint density at radius 1 is 1.38 bits per heavy atom. The molecule has 0 bridgehead atoms.